The summed E-state index contributed by atoms with van der Waals surface area (Å²) in [6, 6.07) is 3.89. The van der Waals surface area contributed by atoms with Gasteiger partial charge in [-0.1, -0.05) is 0 Å². The van der Waals surface area contributed by atoms with Gasteiger partial charge in [-0.15, -0.1) is 22.9 Å². The van der Waals surface area contributed by atoms with Crippen molar-refractivity contribution < 1.29 is 4.42 Å². The number of aryl methyl sites for hydroxylation is 1. The molecule has 0 aliphatic heterocycles. The molecule has 0 saturated carbocycles. The first-order valence-corrected chi connectivity index (χ1v) is 5.22. The summed E-state index contributed by atoms with van der Waals surface area (Å²) >= 11 is 7.21. The molecular formula is C9H8ClNOS. The van der Waals surface area contributed by atoms with Crippen LogP contribution in [-0.2, 0) is 5.88 Å². The first-order valence-electron chi connectivity index (χ1n) is 3.87. The van der Waals surface area contributed by atoms with Crippen LogP contribution in [0.3, 0.4) is 0 Å². The van der Waals surface area contributed by atoms with Crippen LogP contribution in [0.5, 0.6) is 0 Å². The summed E-state index contributed by atoms with van der Waals surface area (Å²) in [7, 11) is 0. The van der Waals surface area contributed by atoms with E-state index in [1.807, 2.05) is 19.1 Å². The normalized spacial score (nSPS) is 10.6. The van der Waals surface area contributed by atoms with E-state index in [1.165, 1.54) is 0 Å². The molecule has 68 valence electrons. The highest BCUT2D eigenvalue weighted by atomic mass is 35.5. The van der Waals surface area contributed by atoms with Crippen LogP contribution in [0.2, 0.25) is 0 Å². The number of hydrogen-bond acceptors (Lipinski definition) is 3. The lowest BCUT2D eigenvalue weighted by Gasteiger charge is -1.87. The van der Waals surface area contributed by atoms with E-state index < -0.39 is 0 Å². The predicted molar refractivity (Wildman–Crippen MR) is 54.1 cm³/mol. The van der Waals surface area contributed by atoms with Gasteiger partial charge in [0.2, 0.25) is 0 Å². The Balaban J connectivity index is 2.35. The molecule has 2 heterocycles. The monoisotopic (exact) mass is 213 g/mol. The minimum atomic E-state index is 0.463. The third kappa shape index (κ3) is 1.76. The highest BCUT2D eigenvalue weighted by molar-refractivity contribution is 7.15. The number of furan rings is 1. The smallest absolute Gasteiger partial charge is 0.145 e. The van der Waals surface area contributed by atoms with Crippen molar-refractivity contribution in [2.24, 2.45) is 0 Å². The molecule has 2 nitrogen and oxygen atoms in total. The van der Waals surface area contributed by atoms with E-state index in [9.17, 15) is 0 Å². The summed E-state index contributed by atoms with van der Waals surface area (Å²) < 4.78 is 5.45. The van der Waals surface area contributed by atoms with Gasteiger partial charge in [0.1, 0.15) is 16.5 Å². The Labute approximate surface area is 85.2 Å². The lowest BCUT2D eigenvalue weighted by Crippen LogP contribution is -1.67. The van der Waals surface area contributed by atoms with Gasteiger partial charge < -0.3 is 4.42 Å². The third-order valence-corrected chi connectivity index (χ3v) is 3.07. The highest BCUT2D eigenvalue weighted by Crippen LogP contribution is 2.28. The molecule has 0 fully saturated rings. The molecule has 0 unspecified atom stereocenters. The van der Waals surface area contributed by atoms with Gasteiger partial charge in [-0.25, -0.2) is 4.98 Å². The van der Waals surface area contributed by atoms with Crippen molar-refractivity contribution in [2.75, 3.05) is 0 Å². The van der Waals surface area contributed by atoms with Crippen LogP contribution in [-0.4, -0.2) is 4.98 Å². The quantitative estimate of drug-likeness (QED) is 0.715. The minimum Gasteiger partial charge on any atom is -0.460 e. The molecular weight excluding hydrogens is 206 g/mol. The fourth-order valence-corrected chi connectivity index (χ4v) is 2.02. The first kappa shape index (κ1) is 8.78. The fraction of sp³-hybridized carbons (Fsp3) is 0.222. The van der Waals surface area contributed by atoms with Gasteiger partial charge in [-0.3, -0.25) is 0 Å². The highest BCUT2D eigenvalue weighted by Gasteiger charge is 2.06. The molecule has 0 saturated heterocycles. The predicted octanol–water partition coefficient (Wildman–Crippen LogP) is 3.45. The number of aromatic nitrogens is 1. The average molecular weight is 214 g/mol. The largest absolute Gasteiger partial charge is 0.460 e. The molecule has 0 atom stereocenters. The molecule has 0 aromatic carbocycles. The van der Waals surface area contributed by atoms with Crippen molar-refractivity contribution in [3.05, 3.63) is 29.1 Å². The second-order valence-electron chi connectivity index (χ2n) is 2.66. The van der Waals surface area contributed by atoms with Crippen LogP contribution >= 0.6 is 22.9 Å². The maximum absolute atomic E-state index is 5.65. The molecule has 2 aromatic heterocycles. The van der Waals surface area contributed by atoms with Gasteiger partial charge in [0.15, 0.2) is 0 Å². The van der Waals surface area contributed by atoms with Gasteiger partial charge in [0.25, 0.3) is 0 Å². The molecule has 0 bridgehead atoms. The summed E-state index contributed by atoms with van der Waals surface area (Å²) in [6.07, 6.45) is 1.79. The van der Waals surface area contributed by atoms with Crippen molar-refractivity contribution in [1.29, 1.82) is 0 Å². The zero-order valence-electron chi connectivity index (χ0n) is 7.08. The Bertz CT molecular complexity index is 407. The lowest BCUT2D eigenvalue weighted by molar-refractivity contribution is 0.549. The fourth-order valence-electron chi connectivity index (χ4n) is 1.05. The molecule has 2 aromatic rings. The Morgan fingerprint density at radius 2 is 2.38 bits per heavy atom. The van der Waals surface area contributed by atoms with Gasteiger partial charge in [0, 0.05) is 6.20 Å². The molecule has 0 aliphatic carbocycles. The summed E-state index contributed by atoms with van der Waals surface area (Å²) in [6.45, 7) is 1.92. The number of halogens is 1. The zero-order chi connectivity index (χ0) is 9.26. The van der Waals surface area contributed by atoms with Crippen LogP contribution in [0.25, 0.3) is 10.6 Å². The van der Waals surface area contributed by atoms with E-state index in [4.69, 9.17) is 16.0 Å². The van der Waals surface area contributed by atoms with Gasteiger partial charge >= 0.3 is 0 Å². The number of hydrogen-bond donors (Lipinski definition) is 0. The number of alkyl halides is 1. The summed E-state index contributed by atoms with van der Waals surface area (Å²) in [5.74, 6) is 2.24. The maximum atomic E-state index is 5.65. The number of nitrogens with zero attached hydrogens (tertiary/aromatic N) is 1. The maximum Gasteiger partial charge on any atom is 0.145 e. The zero-order valence-corrected chi connectivity index (χ0v) is 8.65. The van der Waals surface area contributed by atoms with Crippen molar-refractivity contribution in [3.8, 4) is 10.6 Å². The first-order chi connectivity index (χ1) is 6.29. The molecule has 0 aliphatic rings. The second kappa shape index (κ2) is 3.52. The summed E-state index contributed by atoms with van der Waals surface area (Å²) in [5, 5.41) is 0.922. The van der Waals surface area contributed by atoms with Gasteiger partial charge in [0.05, 0.1) is 10.8 Å². The molecule has 4 heteroatoms. The third-order valence-electron chi connectivity index (χ3n) is 1.65. The van der Waals surface area contributed by atoms with Crippen molar-refractivity contribution in [3.63, 3.8) is 0 Å². The Kier molecular flexibility index (Phi) is 2.38. The molecule has 2 rings (SSSR count). The van der Waals surface area contributed by atoms with E-state index in [2.05, 4.69) is 4.98 Å². The van der Waals surface area contributed by atoms with Crippen LogP contribution in [0.15, 0.2) is 22.7 Å². The molecule has 13 heavy (non-hydrogen) atoms. The summed E-state index contributed by atoms with van der Waals surface area (Å²) in [5.41, 5.74) is 0. The van der Waals surface area contributed by atoms with E-state index in [0.29, 0.717) is 5.88 Å². The van der Waals surface area contributed by atoms with E-state index in [-0.39, 0.29) is 0 Å². The Morgan fingerprint density at radius 1 is 1.54 bits per heavy atom. The Morgan fingerprint density at radius 3 is 2.92 bits per heavy atom. The number of rotatable bonds is 2. The van der Waals surface area contributed by atoms with Crippen molar-refractivity contribution in [2.45, 2.75) is 12.8 Å². The van der Waals surface area contributed by atoms with E-state index in [0.717, 1.165) is 21.4 Å². The van der Waals surface area contributed by atoms with Crippen LogP contribution in [0.4, 0.5) is 0 Å². The van der Waals surface area contributed by atoms with E-state index in [1.54, 1.807) is 17.5 Å². The average Bonchev–Trinajstić information content (AvgIpc) is 2.71. The van der Waals surface area contributed by atoms with Crippen LogP contribution in [0.1, 0.15) is 10.8 Å². The standard InChI is InChI=1S/C9H8ClNOS/c1-6-2-3-7(12-6)8-5-11-9(4-10)13-8/h2-3,5H,4H2,1H3. The van der Waals surface area contributed by atoms with Crippen LogP contribution in [0, 0.1) is 6.92 Å². The topological polar surface area (TPSA) is 26.0 Å². The van der Waals surface area contributed by atoms with Gasteiger partial charge in [-0.05, 0) is 19.1 Å². The summed E-state index contributed by atoms with van der Waals surface area (Å²) in [4.78, 5) is 5.18. The molecule has 0 N–H and O–H groups in total. The lowest BCUT2D eigenvalue weighted by atomic mass is 10.4. The van der Waals surface area contributed by atoms with Crippen molar-refractivity contribution >= 4 is 22.9 Å². The molecule has 0 amide bonds. The van der Waals surface area contributed by atoms with Gasteiger partial charge in [-0.2, -0.15) is 0 Å². The molecule has 0 radical (unpaired) electrons. The van der Waals surface area contributed by atoms with E-state index >= 15 is 0 Å². The van der Waals surface area contributed by atoms with Crippen LogP contribution < -0.4 is 0 Å². The minimum absolute atomic E-state index is 0.463. The number of thiazole rings is 1. The van der Waals surface area contributed by atoms with Crippen molar-refractivity contribution in [1.82, 2.24) is 4.98 Å². The Hall–Kier alpha value is -0.800. The molecule has 0 spiro atoms. The second-order valence-corrected chi connectivity index (χ2v) is 4.04. The SMILES string of the molecule is Cc1ccc(-c2cnc(CCl)s2)o1.